The van der Waals surface area contributed by atoms with Gasteiger partial charge in [0.1, 0.15) is 0 Å². The summed E-state index contributed by atoms with van der Waals surface area (Å²) in [6, 6.07) is 0. The van der Waals surface area contributed by atoms with Crippen molar-refractivity contribution in [2.24, 2.45) is 17.3 Å². The van der Waals surface area contributed by atoms with Crippen molar-refractivity contribution in [1.82, 2.24) is 10.6 Å². The van der Waals surface area contributed by atoms with E-state index in [1.54, 1.807) is 0 Å². The van der Waals surface area contributed by atoms with Gasteiger partial charge in [0.15, 0.2) is 0 Å². The number of piperidine rings is 1. The molecule has 0 aromatic carbocycles. The third kappa shape index (κ3) is 4.52. The summed E-state index contributed by atoms with van der Waals surface area (Å²) >= 11 is 0. The summed E-state index contributed by atoms with van der Waals surface area (Å²) < 4.78 is 0. The Balaban J connectivity index is 2.18. The highest BCUT2D eigenvalue weighted by atomic mass is 14.9. The molecular formula is C13H28N2. The molecular weight excluding hydrogens is 184 g/mol. The van der Waals surface area contributed by atoms with Crippen molar-refractivity contribution >= 4 is 0 Å². The molecule has 2 atom stereocenters. The van der Waals surface area contributed by atoms with Crippen LogP contribution in [0.15, 0.2) is 0 Å². The molecule has 0 aromatic heterocycles. The molecule has 1 saturated heterocycles. The van der Waals surface area contributed by atoms with E-state index in [1.807, 2.05) is 0 Å². The van der Waals surface area contributed by atoms with E-state index in [0.29, 0.717) is 5.41 Å². The Morgan fingerprint density at radius 2 is 2.07 bits per heavy atom. The summed E-state index contributed by atoms with van der Waals surface area (Å²) in [7, 11) is 0. The SMILES string of the molecule is CC(C)C(C)CNCC1(C)CCCNC1. The lowest BCUT2D eigenvalue weighted by atomic mass is 9.82. The zero-order chi connectivity index (χ0) is 11.3. The van der Waals surface area contributed by atoms with Crippen LogP contribution in [0.1, 0.15) is 40.5 Å². The summed E-state index contributed by atoms with van der Waals surface area (Å²) in [6.45, 7) is 14.0. The molecule has 0 saturated carbocycles. The third-order valence-electron chi connectivity index (χ3n) is 3.84. The van der Waals surface area contributed by atoms with Crippen LogP contribution in [0.2, 0.25) is 0 Å². The Kier molecular flexibility index (Phi) is 5.07. The molecule has 90 valence electrons. The van der Waals surface area contributed by atoms with Gasteiger partial charge in [-0.25, -0.2) is 0 Å². The minimum absolute atomic E-state index is 0.481. The van der Waals surface area contributed by atoms with E-state index < -0.39 is 0 Å². The van der Waals surface area contributed by atoms with Gasteiger partial charge in [-0.1, -0.05) is 27.7 Å². The van der Waals surface area contributed by atoms with E-state index in [4.69, 9.17) is 0 Å². The normalized spacial score (nSPS) is 29.4. The number of hydrogen-bond donors (Lipinski definition) is 2. The number of nitrogens with one attached hydrogen (secondary N) is 2. The predicted octanol–water partition coefficient (Wildman–Crippen LogP) is 2.26. The molecule has 0 aromatic rings. The molecule has 1 aliphatic heterocycles. The maximum Gasteiger partial charge on any atom is 0.00174 e. The highest BCUT2D eigenvalue weighted by Gasteiger charge is 2.26. The summed E-state index contributed by atoms with van der Waals surface area (Å²) in [6.07, 6.45) is 2.70. The van der Waals surface area contributed by atoms with Crippen LogP contribution in [0, 0.1) is 17.3 Å². The molecule has 0 radical (unpaired) electrons. The van der Waals surface area contributed by atoms with E-state index in [0.717, 1.165) is 24.9 Å². The van der Waals surface area contributed by atoms with Crippen molar-refractivity contribution in [3.8, 4) is 0 Å². The average molecular weight is 212 g/mol. The molecule has 2 nitrogen and oxygen atoms in total. The van der Waals surface area contributed by atoms with Crippen LogP contribution in [0.3, 0.4) is 0 Å². The van der Waals surface area contributed by atoms with Crippen LogP contribution in [0.5, 0.6) is 0 Å². The lowest BCUT2D eigenvalue weighted by Gasteiger charge is -2.35. The maximum absolute atomic E-state index is 3.64. The van der Waals surface area contributed by atoms with E-state index in [1.165, 1.54) is 25.9 Å². The van der Waals surface area contributed by atoms with Gasteiger partial charge in [0.2, 0.25) is 0 Å². The molecule has 1 fully saturated rings. The first-order chi connectivity index (χ1) is 7.03. The molecule has 2 heteroatoms. The quantitative estimate of drug-likeness (QED) is 0.730. The van der Waals surface area contributed by atoms with E-state index >= 15 is 0 Å². The smallest absolute Gasteiger partial charge is 0.00174 e. The maximum atomic E-state index is 3.64. The van der Waals surface area contributed by atoms with Gasteiger partial charge < -0.3 is 10.6 Å². The lowest BCUT2D eigenvalue weighted by Crippen LogP contribution is -2.45. The molecule has 1 aliphatic rings. The number of rotatable bonds is 5. The zero-order valence-corrected chi connectivity index (χ0v) is 10.9. The van der Waals surface area contributed by atoms with Gasteiger partial charge >= 0.3 is 0 Å². The second kappa shape index (κ2) is 5.86. The lowest BCUT2D eigenvalue weighted by molar-refractivity contribution is 0.220. The minimum Gasteiger partial charge on any atom is -0.316 e. The van der Waals surface area contributed by atoms with Gasteiger partial charge in [0.05, 0.1) is 0 Å². The van der Waals surface area contributed by atoms with Crippen LogP contribution in [-0.2, 0) is 0 Å². The van der Waals surface area contributed by atoms with Crippen LogP contribution in [0.25, 0.3) is 0 Å². The fourth-order valence-electron chi connectivity index (χ4n) is 2.11. The standard InChI is InChI=1S/C13H28N2/c1-11(2)12(3)8-15-10-13(4)6-5-7-14-9-13/h11-12,14-15H,5-10H2,1-4H3. The minimum atomic E-state index is 0.481. The van der Waals surface area contributed by atoms with E-state index in [-0.39, 0.29) is 0 Å². The first-order valence-electron chi connectivity index (χ1n) is 6.45. The van der Waals surface area contributed by atoms with Crippen molar-refractivity contribution in [3.63, 3.8) is 0 Å². The van der Waals surface area contributed by atoms with Gasteiger partial charge in [-0.3, -0.25) is 0 Å². The Bertz CT molecular complexity index is 171. The molecule has 2 unspecified atom stereocenters. The van der Waals surface area contributed by atoms with Crippen molar-refractivity contribution < 1.29 is 0 Å². The van der Waals surface area contributed by atoms with Crippen molar-refractivity contribution in [3.05, 3.63) is 0 Å². The Labute approximate surface area is 95.2 Å². The molecule has 1 rings (SSSR count). The largest absolute Gasteiger partial charge is 0.316 e. The summed E-state index contributed by atoms with van der Waals surface area (Å²) in [5, 5.41) is 7.13. The van der Waals surface area contributed by atoms with Crippen LogP contribution in [-0.4, -0.2) is 26.2 Å². The van der Waals surface area contributed by atoms with E-state index in [2.05, 4.69) is 38.3 Å². The molecule has 0 aliphatic carbocycles. The highest BCUT2D eigenvalue weighted by molar-refractivity contribution is 4.83. The Morgan fingerprint density at radius 1 is 1.33 bits per heavy atom. The molecule has 2 N–H and O–H groups in total. The molecule has 1 heterocycles. The second-order valence-electron chi connectivity index (χ2n) is 5.94. The number of hydrogen-bond acceptors (Lipinski definition) is 2. The second-order valence-corrected chi connectivity index (χ2v) is 5.94. The van der Waals surface area contributed by atoms with Crippen molar-refractivity contribution in [2.45, 2.75) is 40.5 Å². The topological polar surface area (TPSA) is 24.1 Å². The van der Waals surface area contributed by atoms with Crippen molar-refractivity contribution in [2.75, 3.05) is 26.2 Å². The average Bonchev–Trinajstić information content (AvgIpc) is 2.18. The molecule has 0 spiro atoms. The Morgan fingerprint density at radius 3 is 2.60 bits per heavy atom. The van der Waals surface area contributed by atoms with Crippen LogP contribution >= 0.6 is 0 Å². The summed E-state index contributed by atoms with van der Waals surface area (Å²) in [5.74, 6) is 1.57. The molecule has 15 heavy (non-hydrogen) atoms. The fraction of sp³-hybridized carbons (Fsp3) is 1.00. The van der Waals surface area contributed by atoms with Crippen molar-refractivity contribution in [1.29, 1.82) is 0 Å². The monoisotopic (exact) mass is 212 g/mol. The van der Waals surface area contributed by atoms with E-state index in [9.17, 15) is 0 Å². The highest BCUT2D eigenvalue weighted by Crippen LogP contribution is 2.24. The first-order valence-corrected chi connectivity index (χ1v) is 6.45. The van der Waals surface area contributed by atoms with Crippen LogP contribution in [0.4, 0.5) is 0 Å². The molecule has 0 bridgehead atoms. The van der Waals surface area contributed by atoms with Crippen LogP contribution < -0.4 is 10.6 Å². The summed E-state index contributed by atoms with van der Waals surface area (Å²) in [5.41, 5.74) is 0.481. The van der Waals surface area contributed by atoms with Gasteiger partial charge in [0.25, 0.3) is 0 Å². The van der Waals surface area contributed by atoms with Gasteiger partial charge in [0, 0.05) is 13.1 Å². The first kappa shape index (κ1) is 13.0. The van der Waals surface area contributed by atoms with Gasteiger partial charge in [-0.05, 0) is 43.2 Å². The zero-order valence-electron chi connectivity index (χ0n) is 10.9. The molecule has 0 amide bonds. The third-order valence-corrected chi connectivity index (χ3v) is 3.84. The summed E-state index contributed by atoms with van der Waals surface area (Å²) in [4.78, 5) is 0. The Hall–Kier alpha value is -0.0800. The predicted molar refractivity (Wildman–Crippen MR) is 67.1 cm³/mol. The van der Waals surface area contributed by atoms with Gasteiger partial charge in [-0.2, -0.15) is 0 Å². The fourth-order valence-corrected chi connectivity index (χ4v) is 2.11. The van der Waals surface area contributed by atoms with Gasteiger partial charge in [-0.15, -0.1) is 0 Å².